The summed E-state index contributed by atoms with van der Waals surface area (Å²) in [5, 5.41) is 23.5. The molecule has 1 fully saturated rings. The van der Waals surface area contributed by atoms with Crippen LogP contribution in [0.4, 0.5) is 5.69 Å². The molecule has 2 amide bonds. The minimum absolute atomic E-state index is 0.00492. The van der Waals surface area contributed by atoms with Gasteiger partial charge in [0.15, 0.2) is 5.17 Å². The summed E-state index contributed by atoms with van der Waals surface area (Å²) >= 11 is 2.39. The molecule has 1 aromatic heterocycles. The number of nitrogens with one attached hydrogen (secondary N) is 3. The molecule has 3 N–H and O–H groups in total. The van der Waals surface area contributed by atoms with Crippen LogP contribution in [-0.4, -0.2) is 33.2 Å². The van der Waals surface area contributed by atoms with Gasteiger partial charge in [0.25, 0.3) is 0 Å². The topological polar surface area (TPSA) is 125 Å². The molecule has 10 heteroatoms. The molecule has 2 heterocycles. The van der Waals surface area contributed by atoms with Crippen LogP contribution < -0.4 is 15.8 Å². The van der Waals surface area contributed by atoms with Gasteiger partial charge in [0.2, 0.25) is 11.8 Å². The zero-order chi connectivity index (χ0) is 20.3. The number of amidine groups is 1. The van der Waals surface area contributed by atoms with E-state index in [0.717, 1.165) is 21.6 Å². The van der Waals surface area contributed by atoms with E-state index in [1.54, 1.807) is 0 Å². The normalized spacial score (nSPS) is 16.6. The van der Waals surface area contributed by atoms with Gasteiger partial charge in [-0.05, 0) is 29.1 Å². The maximum Gasteiger partial charge on any atom is 0.249 e. The number of carboxylic acids is 1. The van der Waals surface area contributed by atoms with Crippen molar-refractivity contribution in [2.45, 2.75) is 11.7 Å². The third-order valence-corrected chi connectivity index (χ3v) is 5.81. The largest absolute Gasteiger partial charge is 0.545 e. The number of aromatic carboxylic acids is 1. The summed E-state index contributed by atoms with van der Waals surface area (Å²) in [6.07, 6.45) is -0.0965. The summed E-state index contributed by atoms with van der Waals surface area (Å²) in [6, 6.07) is 9.19. The van der Waals surface area contributed by atoms with Crippen LogP contribution in [0.15, 0.2) is 48.4 Å². The Balaban J connectivity index is 1.60. The number of rotatable bonds is 6. The Kier molecular flexibility index (Phi) is 5.81. The van der Waals surface area contributed by atoms with E-state index in [2.05, 4.69) is 17.3 Å². The first-order valence-electron chi connectivity index (χ1n) is 8.05. The van der Waals surface area contributed by atoms with Crippen molar-refractivity contribution >= 4 is 57.4 Å². The molecule has 28 heavy (non-hydrogen) atoms. The second-order valence-corrected chi connectivity index (χ2v) is 7.91. The highest BCUT2D eigenvalue weighted by Crippen LogP contribution is 2.27. The lowest BCUT2D eigenvalue weighted by Crippen LogP contribution is -2.50. The molecule has 0 saturated carbocycles. The molecule has 144 valence electrons. The van der Waals surface area contributed by atoms with Crippen molar-refractivity contribution in [3.05, 3.63) is 58.8 Å². The van der Waals surface area contributed by atoms with Crippen molar-refractivity contribution in [2.24, 2.45) is 0 Å². The number of benzene rings is 1. The van der Waals surface area contributed by atoms with Crippen LogP contribution in [-0.2, 0) is 9.59 Å². The Labute approximate surface area is 168 Å². The second kappa shape index (κ2) is 8.28. The number of carboxylic acid groups (broad SMARTS) is 1. The lowest BCUT2D eigenvalue weighted by molar-refractivity contribution is -0.255. The second-order valence-electron chi connectivity index (χ2n) is 5.77. The van der Waals surface area contributed by atoms with E-state index >= 15 is 0 Å². The number of nitrogens with zero attached hydrogens (tertiary/aromatic N) is 1. The molecular weight excluding hydrogens is 400 g/mol. The van der Waals surface area contributed by atoms with Gasteiger partial charge < -0.3 is 15.2 Å². The molecule has 8 nitrogen and oxygen atoms in total. The van der Waals surface area contributed by atoms with Crippen LogP contribution in [0.5, 0.6) is 0 Å². The van der Waals surface area contributed by atoms with Crippen LogP contribution in [0, 0.1) is 5.41 Å². The van der Waals surface area contributed by atoms with Crippen LogP contribution in [0.2, 0.25) is 0 Å². The van der Waals surface area contributed by atoms with Gasteiger partial charge in [-0.2, -0.15) is 5.01 Å². The molecule has 1 atom stereocenters. The molecule has 2 aromatic rings. The maximum atomic E-state index is 12.4. The molecule has 1 aliphatic heterocycles. The standard InChI is InChI=1S/C18H16N4O4S2/c1-10(13-3-2-8-27-13)21-22-15(23)9-14(28-18(22)19)16(24)20-12-6-4-11(5-7-12)17(25)26/h2-8,14,19,21H,1,9H2,(H,20,24)(H,25,26)/p-1. The van der Waals surface area contributed by atoms with E-state index < -0.39 is 23.0 Å². The van der Waals surface area contributed by atoms with Gasteiger partial charge in [0.05, 0.1) is 23.0 Å². The number of hydrogen-bond acceptors (Lipinski definition) is 8. The highest BCUT2D eigenvalue weighted by atomic mass is 32.2. The summed E-state index contributed by atoms with van der Waals surface area (Å²) in [7, 11) is 0. The molecule has 1 aliphatic rings. The first-order valence-corrected chi connectivity index (χ1v) is 9.81. The van der Waals surface area contributed by atoms with Crippen LogP contribution in [0.3, 0.4) is 0 Å². The average Bonchev–Trinajstić information content (AvgIpc) is 3.19. The maximum absolute atomic E-state index is 12.4. The molecule has 0 radical (unpaired) electrons. The Bertz CT molecular complexity index is 923. The first-order chi connectivity index (χ1) is 13.3. The Morgan fingerprint density at radius 3 is 2.54 bits per heavy atom. The van der Waals surface area contributed by atoms with Gasteiger partial charge in [0.1, 0.15) is 5.25 Å². The van der Waals surface area contributed by atoms with E-state index in [1.165, 1.54) is 35.6 Å². The quantitative estimate of drug-likeness (QED) is 0.656. The molecule has 0 aliphatic carbocycles. The number of hydrazine groups is 1. The lowest BCUT2D eigenvalue weighted by atomic mass is 10.2. The van der Waals surface area contributed by atoms with Gasteiger partial charge in [-0.25, -0.2) is 0 Å². The van der Waals surface area contributed by atoms with Gasteiger partial charge in [-0.3, -0.25) is 20.4 Å². The molecule has 1 aromatic carbocycles. The summed E-state index contributed by atoms with van der Waals surface area (Å²) in [5.74, 6) is -2.17. The number of carbonyl (C=O) groups excluding carboxylic acids is 3. The Hall–Kier alpha value is -3.11. The van der Waals surface area contributed by atoms with Gasteiger partial charge in [0, 0.05) is 5.69 Å². The highest BCUT2D eigenvalue weighted by molar-refractivity contribution is 8.14. The SMILES string of the molecule is C=C(NN1C(=N)SC(C(=O)Nc2ccc(C(=O)[O-])cc2)CC1=O)c1cccs1. The zero-order valence-corrected chi connectivity index (χ0v) is 16.1. The Morgan fingerprint density at radius 1 is 1.25 bits per heavy atom. The van der Waals surface area contributed by atoms with Crippen LogP contribution >= 0.6 is 23.1 Å². The lowest BCUT2D eigenvalue weighted by Gasteiger charge is -2.31. The zero-order valence-electron chi connectivity index (χ0n) is 14.4. The van der Waals surface area contributed by atoms with Gasteiger partial charge >= 0.3 is 0 Å². The number of anilines is 1. The number of amides is 2. The van der Waals surface area contributed by atoms with E-state index in [-0.39, 0.29) is 17.2 Å². The monoisotopic (exact) mass is 415 g/mol. The average molecular weight is 415 g/mol. The van der Waals surface area contributed by atoms with E-state index in [9.17, 15) is 19.5 Å². The smallest absolute Gasteiger partial charge is 0.249 e. The predicted octanol–water partition coefficient (Wildman–Crippen LogP) is 1.49. The molecule has 0 spiro atoms. The fraction of sp³-hybridized carbons (Fsp3) is 0.111. The van der Waals surface area contributed by atoms with Crippen LogP contribution in [0.1, 0.15) is 21.7 Å². The Morgan fingerprint density at radius 2 is 1.96 bits per heavy atom. The van der Waals surface area contributed by atoms with Crippen LogP contribution in [0.25, 0.3) is 5.70 Å². The summed E-state index contributed by atoms with van der Waals surface area (Å²) in [5.41, 5.74) is 3.68. The molecule has 0 bridgehead atoms. The highest BCUT2D eigenvalue weighted by Gasteiger charge is 2.35. The van der Waals surface area contributed by atoms with E-state index in [1.807, 2.05) is 17.5 Å². The van der Waals surface area contributed by atoms with Crippen molar-refractivity contribution in [2.75, 3.05) is 5.32 Å². The summed E-state index contributed by atoms with van der Waals surface area (Å²) < 4.78 is 0. The van der Waals surface area contributed by atoms with Crippen molar-refractivity contribution in [1.82, 2.24) is 10.4 Å². The molecule has 1 unspecified atom stereocenters. The van der Waals surface area contributed by atoms with Crippen molar-refractivity contribution in [3.63, 3.8) is 0 Å². The fourth-order valence-corrected chi connectivity index (χ4v) is 3.97. The number of hydrogen-bond donors (Lipinski definition) is 3. The van der Waals surface area contributed by atoms with Crippen molar-refractivity contribution in [1.29, 1.82) is 5.41 Å². The third kappa shape index (κ3) is 4.41. The third-order valence-electron chi connectivity index (χ3n) is 3.81. The molecule has 3 rings (SSSR count). The van der Waals surface area contributed by atoms with Crippen molar-refractivity contribution < 1.29 is 19.5 Å². The predicted molar refractivity (Wildman–Crippen MR) is 106 cm³/mol. The summed E-state index contributed by atoms with van der Waals surface area (Å²) in [6.45, 7) is 3.86. The molecular formula is C18H15N4O4S2-. The van der Waals surface area contributed by atoms with Gasteiger partial charge in [-0.1, -0.05) is 36.5 Å². The number of carbonyl (C=O) groups is 3. The summed E-state index contributed by atoms with van der Waals surface area (Å²) in [4.78, 5) is 36.4. The minimum Gasteiger partial charge on any atom is -0.545 e. The number of thiophene rings is 1. The van der Waals surface area contributed by atoms with Gasteiger partial charge in [-0.15, -0.1) is 11.3 Å². The number of thioether (sulfide) groups is 1. The van der Waals surface area contributed by atoms with E-state index in [4.69, 9.17) is 5.41 Å². The first kappa shape index (κ1) is 19.6. The van der Waals surface area contributed by atoms with E-state index in [0.29, 0.717) is 11.4 Å². The minimum atomic E-state index is -1.31. The fourth-order valence-electron chi connectivity index (χ4n) is 2.40. The molecule has 1 saturated heterocycles. The van der Waals surface area contributed by atoms with Crippen molar-refractivity contribution in [3.8, 4) is 0 Å².